The van der Waals surface area contributed by atoms with Crippen molar-refractivity contribution in [2.75, 3.05) is 13.1 Å². The van der Waals surface area contributed by atoms with E-state index in [2.05, 4.69) is 0 Å². The second-order valence-corrected chi connectivity index (χ2v) is 3.15. The van der Waals surface area contributed by atoms with E-state index in [-0.39, 0.29) is 11.6 Å². The van der Waals surface area contributed by atoms with Gasteiger partial charge in [0.25, 0.3) is 0 Å². The van der Waals surface area contributed by atoms with Crippen molar-refractivity contribution in [2.24, 2.45) is 11.5 Å². The maximum absolute atomic E-state index is 13.3. The zero-order valence-electron chi connectivity index (χ0n) is 7.96. The summed E-state index contributed by atoms with van der Waals surface area (Å²) in [6.07, 6.45) is 0.911. The van der Waals surface area contributed by atoms with Gasteiger partial charge in [-0.25, -0.2) is 4.39 Å². The molecule has 3 nitrogen and oxygen atoms in total. The molecular weight excluding hydrogens is 183 g/mol. The van der Waals surface area contributed by atoms with Gasteiger partial charge >= 0.3 is 0 Å². The fourth-order valence-electron chi connectivity index (χ4n) is 1.35. The fraction of sp³-hybridized carbons (Fsp3) is 0.400. The van der Waals surface area contributed by atoms with E-state index in [0.29, 0.717) is 37.1 Å². The van der Waals surface area contributed by atoms with Crippen LogP contribution < -0.4 is 11.5 Å². The first-order chi connectivity index (χ1) is 6.69. The predicted octanol–water partition coefficient (Wildman–Crippen LogP) is 0.534. The molecule has 0 unspecified atom stereocenters. The summed E-state index contributed by atoms with van der Waals surface area (Å²) >= 11 is 0. The molecule has 0 heterocycles. The molecule has 0 atom stereocenters. The number of rotatable bonds is 4. The Kier molecular flexibility index (Phi) is 3.85. The Bertz CT molecular complexity index is 283. The Balaban J connectivity index is 2.97. The molecule has 0 bridgehead atoms. The van der Waals surface area contributed by atoms with Gasteiger partial charge in [0.2, 0.25) is 0 Å². The van der Waals surface area contributed by atoms with Crippen LogP contribution in [0.4, 0.5) is 4.39 Å². The number of benzene rings is 1. The molecule has 0 aromatic heterocycles. The smallest absolute Gasteiger partial charge is 0.126 e. The maximum Gasteiger partial charge on any atom is 0.126 e. The van der Waals surface area contributed by atoms with Crippen molar-refractivity contribution in [3.05, 3.63) is 29.1 Å². The number of nitrogens with two attached hydrogens (primary N) is 2. The molecule has 4 heteroatoms. The summed E-state index contributed by atoms with van der Waals surface area (Å²) < 4.78 is 13.3. The van der Waals surface area contributed by atoms with Crippen LogP contribution in [0.2, 0.25) is 0 Å². The Labute approximate surface area is 82.5 Å². The van der Waals surface area contributed by atoms with Crippen molar-refractivity contribution in [3.63, 3.8) is 0 Å². The van der Waals surface area contributed by atoms with Crippen molar-refractivity contribution in [2.45, 2.75) is 12.8 Å². The van der Waals surface area contributed by atoms with Gasteiger partial charge in [-0.2, -0.15) is 0 Å². The van der Waals surface area contributed by atoms with E-state index in [1.165, 1.54) is 12.1 Å². The number of hydrogen-bond acceptors (Lipinski definition) is 3. The van der Waals surface area contributed by atoms with Crippen LogP contribution in [-0.2, 0) is 12.8 Å². The first kappa shape index (κ1) is 10.9. The van der Waals surface area contributed by atoms with Crippen LogP contribution >= 0.6 is 0 Å². The molecule has 5 N–H and O–H groups in total. The summed E-state index contributed by atoms with van der Waals surface area (Å²) in [5.41, 5.74) is 11.6. The third-order valence-electron chi connectivity index (χ3n) is 2.08. The Hall–Kier alpha value is -1.13. The van der Waals surface area contributed by atoms with E-state index in [1.807, 2.05) is 0 Å². The predicted molar refractivity (Wildman–Crippen MR) is 53.6 cm³/mol. The van der Waals surface area contributed by atoms with Crippen molar-refractivity contribution in [1.29, 1.82) is 0 Å². The van der Waals surface area contributed by atoms with E-state index in [1.54, 1.807) is 0 Å². The van der Waals surface area contributed by atoms with Crippen molar-refractivity contribution in [3.8, 4) is 5.75 Å². The molecule has 0 spiro atoms. The molecule has 0 aliphatic heterocycles. The van der Waals surface area contributed by atoms with E-state index >= 15 is 0 Å². The highest BCUT2D eigenvalue weighted by molar-refractivity contribution is 5.37. The average molecular weight is 198 g/mol. The second-order valence-electron chi connectivity index (χ2n) is 3.15. The topological polar surface area (TPSA) is 72.3 Å². The van der Waals surface area contributed by atoms with Crippen molar-refractivity contribution >= 4 is 0 Å². The van der Waals surface area contributed by atoms with Crippen LogP contribution in [0.15, 0.2) is 12.1 Å². The quantitative estimate of drug-likeness (QED) is 0.661. The van der Waals surface area contributed by atoms with Crippen LogP contribution in [0, 0.1) is 5.82 Å². The van der Waals surface area contributed by atoms with Crippen LogP contribution in [0.1, 0.15) is 11.1 Å². The Morgan fingerprint density at radius 1 is 1.07 bits per heavy atom. The lowest BCUT2D eigenvalue weighted by molar-refractivity contribution is 0.463. The molecule has 0 saturated heterocycles. The van der Waals surface area contributed by atoms with Crippen molar-refractivity contribution in [1.82, 2.24) is 0 Å². The van der Waals surface area contributed by atoms with Gasteiger partial charge in [0.15, 0.2) is 0 Å². The summed E-state index contributed by atoms with van der Waals surface area (Å²) in [6, 6.07) is 2.75. The molecule has 1 rings (SSSR count). The molecule has 78 valence electrons. The summed E-state index contributed by atoms with van der Waals surface area (Å²) in [7, 11) is 0. The minimum absolute atomic E-state index is 0.0975. The van der Waals surface area contributed by atoms with Gasteiger partial charge in [0.05, 0.1) is 0 Å². The van der Waals surface area contributed by atoms with Crippen LogP contribution in [0.5, 0.6) is 5.75 Å². The third kappa shape index (κ3) is 2.43. The summed E-state index contributed by atoms with van der Waals surface area (Å²) in [5, 5.41) is 9.51. The van der Waals surface area contributed by atoms with E-state index in [0.717, 1.165) is 0 Å². The minimum atomic E-state index is -0.322. The van der Waals surface area contributed by atoms with Gasteiger partial charge in [-0.1, -0.05) is 0 Å². The fourth-order valence-corrected chi connectivity index (χ4v) is 1.35. The number of halogens is 1. The number of phenols is 1. The molecule has 0 radical (unpaired) electrons. The van der Waals surface area contributed by atoms with Gasteiger partial charge in [-0.05, 0) is 49.2 Å². The first-order valence-electron chi connectivity index (χ1n) is 4.59. The molecule has 0 saturated carbocycles. The number of hydrogen-bond donors (Lipinski definition) is 3. The highest BCUT2D eigenvalue weighted by Crippen LogP contribution is 2.22. The lowest BCUT2D eigenvalue weighted by Gasteiger charge is -2.07. The van der Waals surface area contributed by atoms with Crippen LogP contribution in [0.25, 0.3) is 0 Å². The largest absolute Gasteiger partial charge is 0.508 e. The molecular formula is C10H15FN2O. The van der Waals surface area contributed by atoms with E-state index < -0.39 is 0 Å². The highest BCUT2D eigenvalue weighted by Gasteiger charge is 2.07. The minimum Gasteiger partial charge on any atom is -0.508 e. The summed E-state index contributed by atoms with van der Waals surface area (Å²) in [6.45, 7) is 0.760. The number of phenolic OH excluding ortho intramolecular Hbond substituents is 1. The first-order valence-corrected chi connectivity index (χ1v) is 4.59. The van der Waals surface area contributed by atoms with Gasteiger partial charge in [-0.3, -0.25) is 0 Å². The molecule has 0 amide bonds. The molecule has 14 heavy (non-hydrogen) atoms. The molecule has 1 aromatic rings. The molecule has 1 aromatic carbocycles. The standard InChI is InChI=1S/C10H15FN2O/c11-9-5-8(2-4-13)10(14)6-7(9)1-3-12/h5-6,14H,1-4,12-13H2. The normalized spacial score (nSPS) is 10.5. The zero-order chi connectivity index (χ0) is 10.6. The summed E-state index contributed by atoms with van der Waals surface area (Å²) in [5.74, 6) is -0.225. The van der Waals surface area contributed by atoms with Crippen molar-refractivity contribution < 1.29 is 9.50 Å². The van der Waals surface area contributed by atoms with E-state index in [4.69, 9.17) is 11.5 Å². The SMILES string of the molecule is NCCc1cc(F)c(CCN)cc1O. The lowest BCUT2D eigenvalue weighted by Crippen LogP contribution is -2.07. The van der Waals surface area contributed by atoms with E-state index in [9.17, 15) is 9.50 Å². The zero-order valence-corrected chi connectivity index (χ0v) is 7.96. The lowest BCUT2D eigenvalue weighted by atomic mass is 10.0. The Morgan fingerprint density at radius 2 is 1.64 bits per heavy atom. The van der Waals surface area contributed by atoms with Gasteiger partial charge in [0.1, 0.15) is 11.6 Å². The monoisotopic (exact) mass is 198 g/mol. The molecule has 0 fully saturated rings. The van der Waals surface area contributed by atoms with Gasteiger partial charge in [0, 0.05) is 0 Å². The third-order valence-corrected chi connectivity index (χ3v) is 2.08. The average Bonchev–Trinajstić information content (AvgIpc) is 2.14. The summed E-state index contributed by atoms with van der Waals surface area (Å²) in [4.78, 5) is 0. The second kappa shape index (κ2) is 4.93. The number of aromatic hydroxyl groups is 1. The maximum atomic E-state index is 13.3. The van der Waals surface area contributed by atoms with Crippen LogP contribution in [-0.4, -0.2) is 18.2 Å². The highest BCUT2D eigenvalue weighted by atomic mass is 19.1. The molecule has 0 aliphatic rings. The van der Waals surface area contributed by atoms with Gasteiger partial charge in [-0.15, -0.1) is 0 Å². The van der Waals surface area contributed by atoms with Crippen LogP contribution in [0.3, 0.4) is 0 Å². The van der Waals surface area contributed by atoms with Gasteiger partial charge < -0.3 is 16.6 Å². The molecule has 0 aliphatic carbocycles. The Morgan fingerprint density at radius 3 is 2.21 bits per heavy atom.